The average molecular weight is 202 g/mol. The third-order valence-corrected chi connectivity index (χ3v) is 1.90. The van der Waals surface area contributed by atoms with Gasteiger partial charge in [0.25, 0.3) is 5.96 Å². The second kappa shape index (κ2) is 3.39. The van der Waals surface area contributed by atoms with E-state index < -0.39 is 17.5 Å². The largest absolute Gasteiger partial charge is 0.351 e. The maximum absolute atomic E-state index is 10.1. The maximum atomic E-state index is 10.1. The highest BCUT2D eigenvalue weighted by Crippen LogP contribution is 2.14. The molecule has 0 aromatic rings. The Kier molecular flexibility index (Phi) is 2.22. The molecule has 2 rings (SSSR count). The second-order valence-corrected chi connectivity index (χ2v) is 3.10. The molecule has 8 nitrogen and oxygen atoms in total. The van der Waals surface area contributed by atoms with Gasteiger partial charge in [0.05, 0.1) is 12.7 Å². The number of nitro groups is 1. The first-order valence-corrected chi connectivity index (χ1v) is 4.18. The summed E-state index contributed by atoms with van der Waals surface area (Å²) in [5.41, 5.74) is 0. The molecule has 0 bridgehead atoms. The molecule has 0 amide bonds. The van der Waals surface area contributed by atoms with Gasteiger partial charge in [-0.1, -0.05) is 0 Å². The summed E-state index contributed by atoms with van der Waals surface area (Å²) in [5.74, 6) is 0.0686. The second-order valence-electron chi connectivity index (χ2n) is 3.10. The molecular weight excluding hydrogens is 192 g/mol. The Morgan fingerprint density at radius 1 is 1.57 bits per heavy atom. The van der Waals surface area contributed by atoms with Crippen LogP contribution in [0.2, 0.25) is 0 Å². The first kappa shape index (κ1) is 9.16. The van der Waals surface area contributed by atoms with Crippen LogP contribution in [0.15, 0.2) is 5.10 Å². The smallest absolute Gasteiger partial charge is 0.273 e. The van der Waals surface area contributed by atoms with E-state index in [0.29, 0.717) is 6.61 Å². The lowest BCUT2D eigenvalue weighted by molar-refractivity contribution is -0.485. The Labute approximate surface area is 79.4 Å². The van der Waals surface area contributed by atoms with Gasteiger partial charge in [-0.25, -0.2) is 10.1 Å². The van der Waals surface area contributed by atoms with Gasteiger partial charge >= 0.3 is 0 Å². The molecule has 0 aliphatic carbocycles. The van der Waals surface area contributed by atoms with Gasteiger partial charge in [0.1, 0.15) is 5.10 Å². The molecule has 0 spiro atoms. The molecule has 2 aliphatic rings. The van der Waals surface area contributed by atoms with Crippen LogP contribution in [0.4, 0.5) is 0 Å². The van der Waals surface area contributed by atoms with Crippen LogP contribution in [0.1, 0.15) is 6.92 Å². The topological polar surface area (TPSA) is 98.0 Å². The minimum atomic E-state index is -0.782. The first-order valence-electron chi connectivity index (χ1n) is 4.18. The lowest BCUT2D eigenvalue weighted by atomic mass is 10.3. The van der Waals surface area contributed by atoms with Crippen LogP contribution >= 0.6 is 0 Å². The van der Waals surface area contributed by atoms with Gasteiger partial charge in [-0.3, -0.25) is 0 Å². The zero-order chi connectivity index (χ0) is 10.1. The van der Waals surface area contributed by atoms with E-state index in [1.54, 1.807) is 0 Å². The van der Waals surface area contributed by atoms with Gasteiger partial charge in [0, 0.05) is 0 Å². The monoisotopic (exact) mass is 202 g/mol. The Morgan fingerprint density at radius 3 is 3.00 bits per heavy atom. The molecule has 2 saturated heterocycles. The predicted octanol–water partition coefficient (Wildman–Crippen LogP) is -1.19. The third-order valence-electron chi connectivity index (χ3n) is 1.90. The Bertz CT molecular complexity index is 281. The van der Waals surface area contributed by atoms with E-state index in [1.165, 1.54) is 0 Å². The SMILES string of the molecule is C[C@@H]1CO[C@@H]2N/C(=N/[N+](=O)[O-])N[C@H]2O1. The van der Waals surface area contributed by atoms with Crippen LogP contribution in [0.25, 0.3) is 0 Å². The fourth-order valence-electron chi connectivity index (χ4n) is 1.37. The number of hydrazone groups is 1. The van der Waals surface area contributed by atoms with Gasteiger partial charge in [-0.2, -0.15) is 0 Å². The van der Waals surface area contributed by atoms with E-state index in [-0.39, 0.29) is 12.1 Å². The summed E-state index contributed by atoms with van der Waals surface area (Å²) in [4.78, 5) is 10.1. The molecule has 2 N–H and O–H groups in total. The van der Waals surface area contributed by atoms with E-state index in [9.17, 15) is 10.1 Å². The lowest BCUT2D eigenvalue weighted by Gasteiger charge is -2.29. The number of fused-ring (bicyclic) bond motifs is 1. The van der Waals surface area contributed by atoms with Gasteiger partial charge < -0.3 is 20.1 Å². The number of nitrogens with zero attached hydrogens (tertiary/aromatic N) is 2. The van der Waals surface area contributed by atoms with Crippen molar-refractivity contribution in [3.8, 4) is 0 Å². The van der Waals surface area contributed by atoms with Crippen LogP contribution < -0.4 is 10.6 Å². The molecule has 3 atom stereocenters. The molecule has 0 unspecified atom stereocenters. The van der Waals surface area contributed by atoms with E-state index in [2.05, 4.69) is 15.7 Å². The number of hydrogen-bond acceptors (Lipinski definition) is 4. The van der Waals surface area contributed by atoms with Crippen molar-refractivity contribution < 1.29 is 14.5 Å². The minimum absolute atomic E-state index is 0.0273. The summed E-state index contributed by atoms with van der Waals surface area (Å²) < 4.78 is 10.7. The number of ether oxygens (including phenoxy) is 2. The van der Waals surface area contributed by atoms with E-state index >= 15 is 0 Å². The number of nitrogens with one attached hydrogen (secondary N) is 2. The van der Waals surface area contributed by atoms with Crippen LogP contribution in [0.5, 0.6) is 0 Å². The van der Waals surface area contributed by atoms with Crippen molar-refractivity contribution in [2.75, 3.05) is 6.61 Å². The van der Waals surface area contributed by atoms with Crippen LogP contribution in [-0.2, 0) is 9.47 Å². The Hall–Kier alpha value is -1.41. The van der Waals surface area contributed by atoms with E-state index in [1.807, 2.05) is 6.92 Å². The fraction of sp³-hybridized carbons (Fsp3) is 0.833. The standard InChI is InChI=1S/C6H10N4O4/c1-3-2-13-4-5(14-3)8-6(7-4)9-10(11)12/h3-5H,2H2,1H3,(H2,7,8,9)/t3-,4+,5+/m1/s1. The maximum Gasteiger partial charge on any atom is 0.273 e. The summed E-state index contributed by atoms with van der Waals surface area (Å²) in [7, 11) is 0. The normalized spacial score (nSPS) is 38.6. The molecule has 0 aromatic heterocycles. The van der Waals surface area contributed by atoms with Crippen molar-refractivity contribution in [1.29, 1.82) is 0 Å². The van der Waals surface area contributed by atoms with Crippen LogP contribution in [0, 0.1) is 10.1 Å². The third kappa shape index (κ3) is 1.75. The van der Waals surface area contributed by atoms with Crippen molar-refractivity contribution in [1.82, 2.24) is 10.6 Å². The van der Waals surface area contributed by atoms with Crippen LogP contribution in [0.3, 0.4) is 0 Å². The fourth-order valence-corrected chi connectivity index (χ4v) is 1.37. The number of rotatable bonds is 1. The average Bonchev–Trinajstić information content (AvgIpc) is 2.44. The van der Waals surface area contributed by atoms with E-state index in [0.717, 1.165) is 0 Å². The quantitative estimate of drug-likeness (QED) is 0.410. The summed E-state index contributed by atoms with van der Waals surface area (Å²) in [6.45, 7) is 2.32. The molecule has 2 fully saturated rings. The Balaban J connectivity index is 2.02. The van der Waals surface area contributed by atoms with Gasteiger partial charge in [0.2, 0.25) is 0 Å². The molecule has 8 heteroatoms. The predicted molar refractivity (Wildman–Crippen MR) is 44.8 cm³/mol. The van der Waals surface area contributed by atoms with Crippen molar-refractivity contribution in [3.63, 3.8) is 0 Å². The molecule has 0 aromatic carbocycles. The van der Waals surface area contributed by atoms with Crippen molar-refractivity contribution in [2.45, 2.75) is 25.5 Å². The summed E-state index contributed by atoms with van der Waals surface area (Å²) in [6.07, 6.45) is -0.831. The first-order chi connectivity index (χ1) is 6.65. The van der Waals surface area contributed by atoms with E-state index in [4.69, 9.17) is 9.47 Å². The molecule has 0 saturated carbocycles. The zero-order valence-corrected chi connectivity index (χ0v) is 7.47. The van der Waals surface area contributed by atoms with Crippen molar-refractivity contribution in [2.24, 2.45) is 5.10 Å². The molecule has 78 valence electrons. The Morgan fingerprint density at radius 2 is 2.29 bits per heavy atom. The van der Waals surface area contributed by atoms with Gasteiger partial charge in [0.15, 0.2) is 17.5 Å². The van der Waals surface area contributed by atoms with Crippen molar-refractivity contribution in [3.05, 3.63) is 10.1 Å². The highest BCUT2D eigenvalue weighted by Gasteiger charge is 2.38. The summed E-state index contributed by atoms with van der Waals surface area (Å²) >= 11 is 0. The zero-order valence-electron chi connectivity index (χ0n) is 7.47. The molecule has 2 heterocycles. The minimum Gasteiger partial charge on any atom is -0.351 e. The summed E-state index contributed by atoms with van der Waals surface area (Å²) in [5, 5.41) is 17.8. The van der Waals surface area contributed by atoms with Crippen LogP contribution in [-0.4, -0.2) is 36.2 Å². The molecule has 0 radical (unpaired) electrons. The lowest BCUT2D eigenvalue weighted by Crippen LogP contribution is -2.46. The number of guanidine groups is 1. The number of hydrogen-bond donors (Lipinski definition) is 2. The molecular formula is C6H10N4O4. The van der Waals surface area contributed by atoms with Crippen molar-refractivity contribution >= 4 is 5.96 Å². The highest BCUT2D eigenvalue weighted by molar-refractivity contribution is 5.81. The molecule has 14 heavy (non-hydrogen) atoms. The van der Waals surface area contributed by atoms with Gasteiger partial charge in [-0.05, 0) is 6.92 Å². The van der Waals surface area contributed by atoms with Gasteiger partial charge in [-0.15, -0.1) is 0 Å². The molecule has 2 aliphatic heterocycles. The summed E-state index contributed by atoms with van der Waals surface area (Å²) in [6, 6.07) is 0. The highest BCUT2D eigenvalue weighted by atomic mass is 16.7.